The Morgan fingerprint density at radius 3 is 2.33 bits per heavy atom. The Morgan fingerprint density at radius 1 is 1.00 bits per heavy atom. The van der Waals surface area contributed by atoms with Gasteiger partial charge in [0, 0.05) is 28.4 Å². The maximum absolute atomic E-state index is 12.0. The highest BCUT2D eigenvalue weighted by atomic mass is 35.5. The molecule has 0 aliphatic rings. The third kappa shape index (κ3) is 5.25. The van der Waals surface area contributed by atoms with Crippen molar-refractivity contribution in [3.8, 4) is 0 Å². The van der Waals surface area contributed by atoms with Crippen molar-refractivity contribution < 1.29 is 9.59 Å². The van der Waals surface area contributed by atoms with Crippen LogP contribution in [-0.2, 0) is 9.59 Å². The minimum atomic E-state index is -0.276. The number of hydrogen-bond donors (Lipinski definition) is 2. The zero-order valence-electron chi connectivity index (χ0n) is 13.5. The highest BCUT2D eigenvalue weighted by molar-refractivity contribution is 6.32. The molecule has 0 spiro atoms. The van der Waals surface area contributed by atoms with Gasteiger partial charge in [-0.2, -0.15) is 0 Å². The second-order valence-corrected chi connectivity index (χ2v) is 5.98. The molecule has 2 aromatic rings. The highest BCUT2D eigenvalue weighted by Gasteiger charge is 2.07. The third-order valence-electron chi connectivity index (χ3n) is 3.24. The normalized spacial score (nSPS) is 10.8. The lowest BCUT2D eigenvalue weighted by Gasteiger charge is -2.09. The minimum Gasteiger partial charge on any atom is -0.326 e. The van der Waals surface area contributed by atoms with Gasteiger partial charge in [-0.1, -0.05) is 49.7 Å². The molecule has 0 aromatic heterocycles. The number of benzene rings is 2. The lowest BCUT2D eigenvalue weighted by Crippen LogP contribution is -2.17. The van der Waals surface area contributed by atoms with Crippen LogP contribution in [-0.4, -0.2) is 11.8 Å². The van der Waals surface area contributed by atoms with Crippen molar-refractivity contribution in [1.82, 2.24) is 0 Å². The van der Waals surface area contributed by atoms with Crippen LogP contribution < -0.4 is 10.6 Å². The lowest BCUT2D eigenvalue weighted by molar-refractivity contribution is -0.119. The summed E-state index contributed by atoms with van der Waals surface area (Å²) in [7, 11) is 0. The lowest BCUT2D eigenvalue weighted by atomic mass is 10.2. The van der Waals surface area contributed by atoms with Gasteiger partial charge in [0.1, 0.15) is 0 Å². The third-order valence-corrected chi connectivity index (χ3v) is 3.59. The minimum absolute atomic E-state index is 0.0721. The second kappa shape index (κ2) is 8.31. The zero-order chi connectivity index (χ0) is 17.5. The van der Waals surface area contributed by atoms with Gasteiger partial charge in [0.05, 0.1) is 0 Å². The van der Waals surface area contributed by atoms with Crippen molar-refractivity contribution >= 4 is 40.9 Å². The summed E-state index contributed by atoms with van der Waals surface area (Å²) in [5.41, 5.74) is 2.01. The van der Waals surface area contributed by atoms with Crippen molar-refractivity contribution in [2.24, 2.45) is 5.92 Å². The van der Waals surface area contributed by atoms with Crippen LogP contribution in [0.2, 0.25) is 5.02 Å². The molecule has 2 N–H and O–H groups in total. The maximum atomic E-state index is 12.0. The molecule has 2 aromatic carbocycles. The number of nitrogens with one attached hydrogen (secondary N) is 2. The second-order valence-electron chi connectivity index (χ2n) is 5.57. The van der Waals surface area contributed by atoms with Crippen LogP contribution in [0.15, 0.2) is 54.6 Å². The molecule has 24 heavy (non-hydrogen) atoms. The van der Waals surface area contributed by atoms with E-state index in [0.29, 0.717) is 16.4 Å². The molecule has 124 valence electrons. The molecule has 0 atom stereocenters. The standard InChI is InChI=1S/C19H19ClN2O2/c1-13(2)19(24)22-16-8-5-7-15(12-16)21-18(23)11-10-14-6-3-4-9-17(14)20/h3-13H,1-2H3,(H,21,23)(H,22,24)/b11-10+. The predicted octanol–water partition coefficient (Wildman–Crippen LogP) is 4.59. The summed E-state index contributed by atoms with van der Waals surface area (Å²) >= 11 is 6.04. The highest BCUT2D eigenvalue weighted by Crippen LogP contribution is 2.18. The molecular formula is C19H19ClN2O2. The molecule has 0 fully saturated rings. The van der Waals surface area contributed by atoms with Gasteiger partial charge in [0.15, 0.2) is 0 Å². The number of amides is 2. The summed E-state index contributed by atoms with van der Waals surface area (Å²) in [5, 5.41) is 6.13. The molecule has 2 rings (SSSR count). The van der Waals surface area contributed by atoms with E-state index >= 15 is 0 Å². The van der Waals surface area contributed by atoms with E-state index in [4.69, 9.17) is 11.6 Å². The average Bonchev–Trinajstić information content (AvgIpc) is 2.54. The molecule has 2 amide bonds. The number of carbonyl (C=O) groups is 2. The Balaban J connectivity index is 2.01. The molecular weight excluding hydrogens is 324 g/mol. The van der Waals surface area contributed by atoms with Crippen molar-refractivity contribution in [2.75, 3.05) is 10.6 Å². The van der Waals surface area contributed by atoms with E-state index in [0.717, 1.165) is 5.56 Å². The molecule has 4 nitrogen and oxygen atoms in total. The number of anilines is 2. The molecule has 0 radical (unpaired) electrons. The van der Waals surface area contributed by atoms with Crippen molar-refractivity contribution in [1.29, 1.82) is 0 Å². The smallest absolute Gasteiger partial charge is 0.248 e. The Morgan fingerprint density at radius 2 is 1.67 bits per heavy atom. The summed E-state index contributed by atoms with van der Waals surface area (Å²) in [4.78, 5) is 23.7. The molecule has 0 saturated heterocycles. The zero-order valence-corrected chi connectivity index (χ0v) is 14.3. The fraction of sp³-hybridized carbons (Fsp3) is 0.158. The molecule has 0 bridgehead atoms. The van der Waals surface area contributed by atoms with Gasteiger partial charge in [-0.25, -0.2) is 0 Å². The van der Waals surface area contributed by atoms with Crippen LogP contribution in [0.25, 0.3) is 6.08 Å². The van der Waals surface area contributed by atoms with E-state index in [2.05, 4.69) is 10.6 Å². The first-order chi connectivity index (χ1) is 11.5. The van der Waals surface area contributed by atoms with Crippen molar-refractivity contribution in [3.63, 3.8) is 0 Å². The van der Waals surface area contributed by atoms with Crippen LogP contribution in [0.5, 0.6) is 0 Å². The first kappa shape index (κ1) is 17.8. The van der Waals surface area contributed by atoms with E-state index in [9.17, 15) is 9.59 Å². The number of rotatable bonds is 5. The van der Waals surface area contributed by atoms with Gasteiger partial charge in [-0.15, -0.1) is 0 Å². The number of hydrogen-bond acceptors (Lipinski definition) is 2. The predicted molar refractivity (Wildman–Crippen MR) is 99.0 cm³/mol. The molecule has 0 heterocycles. The van der Waals surface area contributed by atoms with Gasteiger partial charge in [0.2, 0.25) is 11.8 Å². The van der Waals surface area contributed by atoms with Gasteiger partial charge >= 0.3 is 0 Å². The number of carbonyl (C=O) groups excluding carboxylic acids is 2. The average molecular weight is 343 g/mol. The quantitative estimate of drug-likeness (QED) is 0.781. The van der Waals surface area contributed by atoms with Gasteiger partial charge in [-0.05, 0) is 35.9 Å². The fourth-order valence-electron chi connectivity index (χ4n) is 1.92. The summed E-state index contributed by atoms with van der Waals surface area (Å²) < 4.78 is 0. The Labute approximate surface area is 146 Å². The van der Waals surface area contributed by atoms with Crippen molar-refractivity contribution in [3.05, 3.63) is 65.2 Å². The molecule has 0 aliphatic carbocycles. The van der Waals surface area contributed by atoms with Crippen LogP contribution in [0.1, 0.15) is 19.4 Å². The molecule has 0 aliphatic heterocycles. The van der Waals surface area contributed by atoms with Crippen LogP contribution in [0.4, 0.5) is 11.4 Å². The van der Waals surface area contributed by atoms with E-state index in [1.165, 1.54) is 6.08 Å². The molecule has 0 unspecified atom stereocenters. The maximum Gasteiger partial charge on any atom is 0.248 e. The van der Waals surface area contributed by atoms with Gasteiger partial charge in [0.25, 0.3) is 0 Å². The summed E-state index contributed by atoms with van der Waals surface area (Å²) in [6.07, 6.45) is 3.07. The topological polar surface area (TPSA) is 58.2 Å². The number of halogens is 1. The Bertz CT molecular complexity index is 769. The monoisotopic (exact) mass is 342 g/mol. The molecule has 0 saturated carbocycles. The fourth-order valence-corrected chi connectivity index (χ4v) is 2.12. The summed E-state index contributed by atoms with van der Waals surface area (Å²) in [6.45, 7) is 3.64. The van der Waals surface area contributed by atoms with E-state index in [1.807, 2.05) is 32.0 Å². The summed E-state index contributed by atoms with van der Waals surface area (Å²) in [5.74, 6) is -0.457. The first-order valence-corrected chi connectivity index (χ1v) is 7.98. The Kier molecular flexibility index (Phi) is 6.15. The van der Waals surface area contributed by atoms with Gasteiger partial charge in [-0.3, -0.25) is 9.59 Å². The molecule has 5 heteroatoms. The largest absolute Gasteiger partial charge is 0.326 e. The summed E-state index contributed by atoms with van der Waals surface area (Å²) in [6, 6.07) is 14.3. The van der Waals surface area contributed by atoms with Crippen LogP contribution in [0, 0.1) is 5.92 Å². The van der Waals surface area contributed by atoms with E-state index in [-0.39, 0.29) is 17.7 Å². The van der Waals surface area contributed by atoms with E-state index < -0.39 is 0 Å². The van der Waals surface area contributed by atoms with Crippen LogP contribution in [0.3, 0.4) is 0 Å². The van der Waals surface area contributed by atoms with Crippen LogP contribution >= 0.6 is 11.6 Å². The van der Waals surface area contributed by atoms with E-state index in [1.54, 1.807) is 36.4 Å². The SMILES string of the molecule is CC(C)C(=O)Nc1cccc(NC(=O)/C=C/c2ccccc2Cl)c1. The Hall–Kier alpha value is -2.59. The first-order valence-electron chi connectivity index (χ1n) is 7.60. The van der Waals surface area contributed by atoms with Gasteiger partial charge < -0.3 is 10.6 Å². The van der Waals surface area contributed by atoms with Crippen molar-refractivity contribution in [2.45, 2.75) is 13.8 Å².